The number of nitrogens with zero attached hydrogens (tertiary/aromatic N) is 2. The number of para-hydroxylation sites is 1. The molecule has 0 aliphatic heterocycles. The van der Waals surface area contributed by atoms with Crippen LogP contribution in [0.15, 0.2) is 48.5 Å². The van der Waals surface area contributed by atoms with Crippen molar-refractivity contribution < 1.29 is 0 Å². The summed E-state index contributed by atoms with van der Waals surface area (Å²) in [6, 6.07) is 16.6. The Bertz CT molecular complexity index is 776. The molecule has 5 heteroatoms. The maximum atomic E-state index is 5.49. The summed E-state index contributed by atoms with van der Waals surface area (Å²) >= 11 is 7.21. The Morgan fingerprint density at radius 3 is 2.61 bits per heavy atom. The van der Waals surface area contributed by atoms with E-state index in [0.717, 1.165) is 22.6 Å². The molecule has 3 nitrogen and oxygen atoms in total. The zero-order chi connectivity index (χ0) is 16.2. The Morgan fingerprint density at radius 1 is 1.17 bits per heavy atom. The molecule has 1 N–H and O–H groups in total. The van der Waals surface area contributed by atoms with E-state index in [2.05, 4.69) is 47.6 Å². The van der Waals surface area contributed by atoms with E-state index in [4.69, 9.17) is 12.2 Å². The Hall–Kier alpha value is -1.98. The van der Waals surface area contributed by atoms with Gasteiger partial charge in [0.2, 0.25) is 0 Å². The molecule has 1 aromatic heterocycles. The highest BCUT2D eigenvalue weighted by molar-refractivity contribution is 7.80. The molecule has 3 aromatic rings. The van der Waals surface area contributed by atoms with Crippen LogP contribution < -0.4 is 5.32 Å². The minimum Gasteiger partial charge on any atom is -0.345 e. The van der Waals surface area contributed by atoms with Gasteiger partial charge in [-0.25, -0.2) is 4.98 Å². The molecule has 0 fully saturated rings. The molecular formula is C18H19N3S2. The van der Waals surface area contributed by atoms with Crippen LogP contribution in [0.25, 0.3) is 10.2 Å². The van der Waals surface area contributed by atoms with Gasteiger partial charge < -0.3 is 10.2 Å². The van der Waals surface area contributed by atoms with Gasteiger partial charge in [0, 0.05) is 12.7 Å². The largest absolute Gasteiger partial charge is 0.345 e. The second kappa shape index (κ2) is 7.06. The van der Waals surface area contributed by atoms with Crippen LogP contribution in [0, 0.1) is 0 Å². The topological polar surface area (TPSA) is 28.2 Å². The van der Waals surface area contributed by atoms with Crippen LogP contribution in [0.3, 0.4) is 0 Å². The van der Waals surface area contributed by atoms with Crippen molar-refractivity contribution in [2.75, 3.05) is 12.4 Å². The van der Waals surface area contributed by atoms with Gasteiger partial charge in [0.05, 0.1) is 16.8 Å². The number of thiocarbonyl (C=S) groups is 1. The molecule has 23 heavy (non-hydrogen) atoms. The minimum absolute atomic E-state index is 0.702. The Morgan fingerprint density at radius 2 is 1.91 bits per heavy atom. The van der Waals surface area contributed by atoms with Crippen molar-refractivity contribution in [2.24, 2.45) is 0 Å². The number of fused-ring (bicyclic) bond motifs is 1. The van der Waals surface area contributed by atoms with Crippen molar-refractivity contribution >= 4 is 44.6 Å². The third-order valence-electron chi connectivity index (χ3n) is 3.67. The van der Waals surface area contributed by atoms with Crippen molar-refractivity contribution in [3.8, 4) is 0 Å². The normalized spacial score (nSPS) is 10.7. The molecule has 3 rings (SSSR count). The first-order valence-corrected chi connectivity index (χ1v) is 8.83. The van der Waals surface area contributed by atoms with Crippen molar-refractivity contribution in [3.63, 3.8) is 0 Å². The molecule has 0 unspecified atom stereocenters. The Labute approximate surface area is 146 Å². The van der Waals surface area contributed by atoms with E-state index in [1.54, 1.807) is 11.3 Å². The van der Waals surface area contributed by atoms with Gasteiger partial charge >= 0.3 is 0 Å². The van der Waals surface area contributed by atoms with Crippen molar-refractivity contribution in [1.82, 2.24) is 9.88 Å². The predicted molar refractivity (Wildman–Crippen MR) is 103 cm³/mol. The minimum atomic E-state index is 0.702. The van der Waals surface area contributed by atoms with Gasteiger partial charge in [-0.3, -0.25) is 0 Å². The lowest BCUT2D eigenvalue weighted by molar-refractivity contribution is 0.507. The average Bonchev–Trinajstić information content (AvgIpc) is 2.97. The smallest absolute Gasteiger partial charge is 0.173 e. The number of thiazole rings is 1. The molecule has 0 aliphatic carbocycles. The van der Waals surface area contributed by atoms with Crippen LogP contribution in [0.5, 0.6) is 0 Å². The lowest BCUT2D eigenvalue weighted by Crippen LogP contribution is -2.30. The second-order valence-electron chi connectivity index (χ2n) is 5.41. The molecule has 0 spiro atoms. The van der Waals surface area contributed by atoms with E-state index in [1.807, 2.05) is 30.1 Å². The van der Waals surface area contributed by atoms with Gasteiger partial charge in [0.15, 0.2) is 5.11 Å². The average molecular weight is 342 g/mol. The lowest BCUT2D eigenvalue weighted by Gasteiger charge is -2.20. The third kappa shape index (κ3) is 3.86. The molecule has 0 atom stereocenters. The molecule has 1 heterocycles. The van der Waals surface area contributed by atoms with Crippen LogP contribution in [-0.2, 0) is 13.0 Å². The highest BCUT2D eigenvalue weighted by Gasteiger charge is 2.09. The van der Waals surface area contributed by atoms with Crippen LogP contribution in [0.1, 0.15) is 17.5 Å². The van der Waals surface area contributed by atoms with E-state index in [-0.39, 0.29) is 0 Å². The van der Waals surface area contributed by atoms with Gasteiger partial charge in [-0.05, 0) is 48.5 Å². The molecular weight excluding hydrogens is 322 g/mol. The fraction of sp³-hybridized carbons (Fsp3) is 0.222. The monoisotopic (exact) mass is 341 g/mol. The van der Waals surface area contributed by atoms with Crippen LogP contribution in [-0.4, -0.2) is 22.0 Å². The fourth-order valence-electron chi connectivity index (χ4n) is 2.30. The number of nitrogens with one attached hydrogen (secondary N) is 1. The second-order valence-corrected chi connectivity index (χ2v) is 6.91. The first-order chi connectivity index (χ1) is 11.2. The number of aryl methyl sites for hydroxylation is 1. The number of benzene rings is 2. The summed E-state index contributed by atoms with van der Waals surface area (Å²) in [5.74, 6) is 0. The third-order valence-corrected chi connectivity index (χ3v) is 5.11. The van der Waals surface area contributed by atoms with Crippen molar-refractivity contribution in [3.05, 3.63) is 59.1 Å². The standard InChI is InChI=1S/C18H19N3S2/c1-3-13-8-10-14(11-9-13)19-18(22)21(2)12-17-20-15-6-4-5-7-16(15)23-17/h4-11H,3,12H2,1-2H3,(H,19,22). The number of anilines is 1. The highest BCUT2D eigenvalue weighted by atomic mass is 32.1. The maximum absolute atomic E-state index is 5.49. The van der Waals surface area contributed by atoms with Crippen LogP contribution in [0.2, 0.25) is 0 Å². The number of hydrogen-bond donors (Lipinski definition) is 1. The molecule has 0 saturated heterocycles. The van der Waals surface area contributed by atoms with Gasteiger partial charge in [-0.2, -0.15) is 0 Å². The zero-order valence-electron chi connectivity index (χ0n) is 13.2. The molecule has 0 aliphatic rings. The summed E-state index contributed by atoms with van der Waals surface area (Å²) in [5, 5.41) is 5.05. The summed E-state index contributed by atoms with van der Waals surface area (Å²) in [7, 11) is 1.99. The molecule has 0 amide bonds. The first-order valence-electron chi connectivity index (χ1n) is 7.61. The van der Waals surface area contributed by atoms with E-state index in [0.29, 0.717) is 11.7 Å². The summed E-state index contributed by atoms with van der Waals surface area (Å²) in [4.78, 5) is 6.67. The summed E-state index contributed by atoms with van der Waals surface area (Å²) in [5.41, 5.74) is 3.39. The summed E-state index contributed by atoms with van der Waals surface area (Å²) < 4.78 is 1.21. The zero-order valence-corrected chi connectivity index (χ0v) is 14.9. The maximum Gasteiger partial charge on any atom is 0.173 e. The van der Waals surface area contributed by atoms with Gasteiger partial charge in [-0.15, -0.1) is 11.3 Å². The fourth-order valence-corrected chi connectivity index (χ4v) is 3.51. The van der Waals surface area contributed by atoms with Gasteiger partial charge in [0.1, 0.15) is 5.01 Å². The Balaban J connectivity index is 1.64. The number of hydrogen-bond acceptors (Lipinski definition) is 3. The quantitative estimate of drug-likeness (QED) is 0.697. The van der Waals surface area contributed by atoms with E-state index >= 15 is 0 Å². The van der Waals surface area contributed by atoms with Crippen LogP contribution in [0.4, 0.5) is 5.69 Å². The number of rotatable bonds is 4. The predicted octanol–water partition coefficient (Wildman–Crippen LogP) is 4.69. The van der Waals surface area contributed by atoms with E-state index < -0.39 is 0 Å². The molecule has 0 saturated carbocycles. The highest BCUT2D eigenvalue weighted by Crippen LogP contribution is 2.22. The van der Waals surface area contributed by atoms with Gasteiger partial charge in [-0.1, -0.05) is 31.2 Å². The van der Waals surface area contributed by atoms with E-state index in [1.165, 1.54) is 10.3 Å². The molecule has 2 aromatic carbocycles. The van der Waals surface area contributed by atoms with Gasteiger partial charge in [0.25, 0.3) is 0 Å². The molecule has 0 bridgehead atoms. The first kappa shape index (κ1) is 15.9. The lowest BCUT2D eigenvalue weighted by atomic mass is 10.1. The SMILES string of the molecule is CCc1ccc(NC(=S)N(C)Cc2nc3ccccc3s2)cc1. The number of aromatic nitrogens is 1. The van der Waals surface area contributed by atoms with Crippen LogP contribution >= 0.6 is 23.6 Å². The molecule has 118 valence electrons. The van der Waals surface area contributed by atoms with Crippen molar-refractivity contribution in [1.29, 1.82) is 0 Å². The van der Waals surface area contributed by atoms with E-state index in [9.17, 15) is 0 Å². The summed E-state index contributed by atoms with van der Waals surface area (Å²) in [6.45, 7) is 2.86. The Kier molecular flexibility index (Phi) is 4.88. The molecule has 0 radical (unpaired) electrons. The summed E-state index contributed by atoms with van der Waals surface area (Å²) in [6.07, 6.45) is 1.04. The van der Waals surface area contributed by atoms with Crippen molar-refractivity contribution in [2.45, 2.75) is 19.9 Å².